The van der Waals surface area contributed by atoms with Crippen molar-refractivity contribution in [1.82, 2.24) is 24.6 Å². The highest BCUT2D eigenvalue weighted by Gasteiger charge is 2.30. The number of fused-ring (bicyclic) bond motifs is 1. The van der Waals surface area contributed by atoms with E-state index in [1.807, 2.05) is 29.5 Å². The van der Waals surface area contributed by atoms with E-state index in [9.17, 15) is 0 Å². The normalized spacial score (nSPS) is 16.8. The molecule has 4 aromatic rings. The minimum absolute atomic E-state index is 0.161. The zero-order valence-corrected chi connectivity index (χ0v) is 15.7. The van der Waals surface area contributed by atoms with Crippen LogP contribution in [0.25, 0.3) is 5.69 Å². The van der Waals surface area contributed by atoms with Gasteiger partial charge in [-0.1, -0.05) is 42.5 Å². The second kappa shape index (κ2) is 7.44. The monoisotopic (exact) mass is 369 g/mol. The predicted molar refractivity (Wildman–Crippen MR) is 109 cm³/mol. The fraction of sp³-hybridized carbons (Fsp3) is 0.217. The third-order valence-corrected chi connectivity index (χ3v) is 5.51. The van der Waals surface area contributed by atoms with Gasteiger partial charge in [0.1, 0.15) is 0 Å². The lowest BCUT2D eigenvalue weighted by atomic mass is 9.94. The lowest BCUT2D eigenvalue weighted by Crippen LogP contribution is -2.37. The van der Waals surface area contributed by atoms with Gasteiger partial charge in [-0.25, -0.2) is 9.67 Å². The van der Waals surface area contributed by atoms with Gasteiger partial charge in [-0.05, 0) is 35.7 Å². The van der Waals surface area contributed by atoms with Gasteiger partial charge < -0.3 is 4.98 Å². The second-order valence-electron chi connectivity index (χ2n) is 7.24. The maximum absolute atomic E-state index is 4.69. The van der Waals surface area contributed by atoms with Crippen LogP contribution in [0.2, 0.25) is 0 Å². The van der Waals surface area contributed by atoms with Crippen molar-refractivity contribution in [2.75, 3.05) is 13.1 Å². The van der Waals surface area contributed by atoms with E-state index in [-0.39, 0.29) is 6.04 Å². The van der Waals surface area contributed by atoms with Gasteiger partial charge in [-0.3, -0.25) is 4.90 Å². The molecule has 28 heavy (non-hydrogen) atoms. The van der Waals surface area contributed by atoms with E-state index >= 15 is 0 Å². The summed E-state index contributed by atoms with van der Waals surface area (Å²) < 4.78 is 1.91. The van der Waals surface area contributed by atoms with Crippen LogP contribution in [0.1, 0.15) is 28.6 Å². The number of nitrogens with one attached hydrogen (secondary N) is 1. The maximum atomic E-state index is 4.69. The molecule has 0 fully saturated rings. The van der Waals surface area contributed by atoms with Gasteiger partial charge in [0.2, 0.25) is 0 Å². The molecular weight excluding hydrogens is 346 g/mol. The number of hydrogen-bond acceptors (Lipinski definition) is 3. The number of hydrogen-bond donors (Lipinski definition) is 1. The highest BCUT2D eigenvalue weighted by Crippen LogP contribution is 2.34. The van der Waals surface area contributed by atoms with E-state index in [2.05, 4.69) is 69.6 Å². The molecule has 1 atom stereocenters. The quantitative estimate of drug-likeness (QED) is 0.582. The smallest absolute Gasteiger partial charge is 0.0926 e. The molecule has 5 rings (SSSR count). The average molecular weight is 369 g/mol. The summed E-state index contributed by atoms with van der Waals surface area (Å²) in [5, 5.41) is 4.38. The molecule has 0 saturated heterocycles. The Kier molecular flexibility index (Phi) is 4.51. The molecule has 0 aliphatic carbocycles. The summed E-state index contributed by atoms with van der Waals surface area (Å²) in [5.41, 5.74) is 6.11. The van der Waals surface area contributed by atoms with Crippen molar-refractivity contribution in [3.05, 3.63) is 102 Å². The molecule has 1 aliphatic heterocycles. The average Bonchev–Trinajstić information content (AvgIpc) is 3.44. The van der Waals surface area contributed by atoms with Crippen LogP contribution in [0.5, 0.6) is 0 Å². The van der Waals surface area contributed by atoms with Crippen molar-refractivity contribution >= 4 is 0 Å². The topological polar surface area (TPSA) is 49.7 Å². The Bertz CT molecular complexity index is 1040. The molecule has 2 aromatic carbocycles. The van der Waals surface area contributed by atoms with E-state index in [0.717, 1.165) is 37.3 Å². The van der Waals surface area contributed by atoms with Crippen LogP contribution in [-0.4, -0.2) is 37.7 Å². The van der Waals surface area contributed by atoms with Crippen LogP contribution < -0.4 is 0 Å². The highest BCUT2D eigenvalue weighted by atomic mass is 15.3. The van der Waals surface area contributed by atoms with Crippen molar-refractivity contribution in [3.8, 4) is 5.69 Å². The zero-order valence-electron chi connectivity index (χ0n) is 15.7. The SMILES string of the molecule is c1ccc(CCN2CCc3[nH]cnc3[C@@H]2c2cccc(-n3cccn3)c2)cc1. The lowest BCUT2D eigenvalue weighted by Gasteiger charge is -2.35. The number of nitrogens with zero attached hydrogens (tertiary/aromatic N) is 4. The molecule has 5 nitrogen and oxygen atoms in total. The van der Waals surface area contributed by atoms with Crippen molar-refractivity contribution in [2.24, 2.45) is 0 Å². The number of H-pyrrole nitrogens is 1. The van der Waals surface area contributed by atoms with Crippen LogP contribution in [0.4, 0.5) is 0 Å². The molecule has 1 aliphatic rings. The van der Waals surface area contributed by atoms with E-state index in [0.29, 0.717) is 0 Å². The van der Waals surface area contributed by atoms with Crippen LogP contribution in [0.3, 0.4) is 0 Å². The van der Waals surface area contributed by atoms with Gasteiger partial charge >= 0.3 is 0 Å². The van der Waals surface area contributed by atoms with Crippen molar-refractivity contribution in [2.45, 2.75) is 18.9 Å². The number of imidazole rings is 1. The first-order chi connectivity index (χ1) is 13.9. The van der Waals surface area contributed by atoms with Crippen LogP contribution >= 0.6 is 0 Å². The molecule has 0 spiro atoms. The third kappa shape index (κ3) is 3.25. The Morgan fingerprint density at radius 2 is 1.96 bits per heavy atom. The summed E-state index contributed by atoms with van der Waals surface area (Å²) in [6.07, 6.45) is 7.67. The van der Waals surface area contributed by atoms with Gasteiger partial charge in [0, 0.05) is 37.6 Å². The highest BCUT2D eigenvalue weighted by molar-refractivity contribution is 5.40. The molecule has 0 unspecified atom stereocenters. The van der Waals surface area contributed by atoms with E-state index in [4.69, 9.17) is 4.98 Å². The first-order valence-electron chi connectivity index (χ1n) is 9.78. The van der Waals surface area contributed by atoms with Gasteiger partial charge in [0.25, 0.3) is 0 Å². The van der Waals surface area contributed by atoms with Crippen molar-refractivity contribution in [1.29, 1.82) is 0 Å². The minimum Gasteiger partial charge on any atom is -0.348 e. The molecular formula is C23H23N5. The molecule has 0 radical (unpaired) electrons. The fourth-order valence-electron chi connectivity index (χ4n) is 4.11. The van der Waals surface area contributed by atoms with Crippen molar-refractivity contribution < 1.29 is 0 Å². The Morgan fingerprint density at radius 1 is 1.04 bits per heavy atom. The van der Waals surface area contributed by atoms with Crippen LogP contribution in [-0.2, 0) is 12.8 Å². The van der Waals surface area contributed by atoms with Gasteiger partial charge in [-0.15, -0.1) is 0 Å². The maximum Gasteiger partial charge on any atom is 0.0926 e. The lowest BCUT2D eigenvalue weighted by molar-refractivity contribution is 0.211. The first kappa shape index (κ1) is 17.0. The summed E-state index contributed by atoms with van der Waals surface area (Å²) >= 11 is 0. The summed E-state index contributed by atoms with van der Waals surface area (Å²) in [6, 6.07) is 21.5. The van der Waals surface area contributed by atoms with Gasteiger partial charge in [0.15, 0.2) is 0 Å². The minimum atomic E-state index is 0.161. The molecule has 140 valence electrons. The Labute approximate surface area is 164 Å². The summed E-state index contributed by atoms with van der Waals surface area (Å²) in [7, 11) is 0. The Hall–Kier alpha value is -3.18. The molecule has 0 amide bonds. The number of benzene rings is 2. The largest absolute Gasteiger partial charge is 0.348 e. The van der Waals surface area contributed by atoms with E-state index < -0.39 is 0 Å². The first-order valence-corrected chi connectivity index (χ1v) is 9.78. The van der Waals surface area contributed by atoms with E-state index in [1.165, 1.54) is 16.8 Å². The molecule has 0 saturated carbocycles. The molecule has 1 N–H and O–H groups in total. The van der Waals surface area contributed by atoms with E-state index in [1.54, 1.807) is 0 Å². The third-order valence-electron chi connectivity index (χ3n) is 5.51. The number of aromatic amines is 1. The molecule has 3 heterocycles. The standard InChI is InChI=1S/C23H23N5/c1-2-6-18(7-3-1)10-14-27-15-11-21-22(25-17-24-21)23(27)19-8-4-9-20(16-19)28-13-5-12-26-28/h1-9,12-13,16-17,23H,10-11,14-15H2,(H,24,25)/t23-/m0/s1. The molecule has 5 heteroatoms. The summed E-state index contributed by atoms with van der Waals surface area (Å²) in [6.45, 7) is 2.03. The Balaban J connectivity index is 1.48. The molecule has 0 bridgehead atoms. The molecule has 2 aromatic heterocycles. The zero-order chi connectivity index (χ0) is 18.8. The number of aromatic nitrogens is 4. The van der Waals surface area contributed by atoms with Crippen LogP contribution in [0, 0.1) is 0 Å². The van der Waals surface area contributed by atoms with Gasteiger partial charge in [-0.2, -0.15) is 5.10 Å². The summed E-state index contributed by atoms with van der Waals surface area (Å²) in [5.74, 6) is 0. The van der Waals surface area contributed by atoms with Gasteiger partial charge in [0.05, 0.1) is 23.8 Å². The van der Waals surface area contributed by atoms with Crippen molar-refractivity contribution in [3.63, 3.8) is 0 Å². The van der Waals surface area contributed by atoms with Crippen LogP contribution in [0.15, 0.2) is 79.4 Å². The fourth-order valence-corrected chi connectivity index (χ4v) is 4.11. The summed E-state index contributed by atoms with van der Waals surface area (Å²) in [4.78, 5) is 10.6. The Morgan fingerprint density at radius 3 is 2.82 bits per heavy atom. The predicted octanol–water partition coefficient (Wildman–Crippen LogP) is 3.79. The second-order valence-corrected chi connectivity index (χ2v) is 7.24. The number of rotatable bonds is 5.